The zero-order valence-corrected chi connectivity index (χ0v) is 9.73. The number of phenols is 1. The van der Waals surface area contributed by atoms with Gasteiger partial charge in [0.05, 0.1) is 7.11 Å². The molecule has 0 saturated heterocycles. The van der Waals surface area contributed by atoms with E-state index in [1.807, 2.05) is 0 Å². The van der Waals surface area contributed by atoms with Crippen molar-refractivity contribution in [1.29, 1.82) is 0 Å². The van der Waals surface area contributed by atoms with Gasteiger partial charge >= 0.3 is 0 Å². The number of phenolic OH excluding ortho intramolecular Hbond substituents is 1. The second-order valence-corrected chi connectivity index (χ2v) is 4.86. The van der Waals surface area contributed by atoms with Crippen molar-refractivity contribution < 1.29 is 22.8 Å². The highest BCUT2D eigenvalue weighted by Gasteiger charge is 2.15. The van der Waals surface area contributed by atoms with Gasteiger partial charge in [-0.25, -0.2) is 0 Å². The zero-order chi connectivity index (χ0) is 12.6. The minimum absolute atomic E-state index is 0.0775. The van der Waals surface area contributed by atoms with E-state index in [1.54, 1.807) is 6.07 Å². The van der Waals surface area contributed by atoms with Crippen LogP contribution in [0.3, 0.4) is 0 Å². The molecule has 2 aromatic carbocycles. The molecule has 0 atom stereocenters. The van der Waals surface area contributed by atoms with Gasteiger partial charge in [-0.2, -0.15) is 8.42 Å². The quantitative estimate of drug-likeness (QED) is 0.798. The fraction of sp³-hybridized carbons (Fsp3) is 0.0909. The van der Waals surface area contributed by atoms with Crippen molar-refractivity contribution >= 4 is 20.9 Å². The third-order valence-electron chi connectivity index (χ3n) is 2.44. The van der Waals surface area contributed by atoms with E-state index < -0.39 is 10.1 Å². The van der Waals surface area contributed by atoms with Crippen LogP contribution in [0.15, 0.2) is 35.2 Å². The number of hydrogen-bond donors (Lipinski definition) is 2. The molecular weight excluding hydrogens is 244 g/mol. The average molecular weight is 254 g/mol. The predicted molar refractivity (Wildman–Crippen MR) is 62.0 cm³/mol. The van der Waals surface area contributed by atoms with Gasteiger partial charge < -0.3 is 9.84 Å². The molecule has 2 N–H and O–H groups in total. The van der Waals surface area contributed by atoms with E-state index in [4.69, 9.17) is 9.29 Å². The van der Waals surface area contributed by atoms with E-state index in [-0.39, 0.29) is 16.0 Å². The molecule has 90 valence electrons. The maximum atomic E-state index is 11.2. The number of fused-ring (bicyclic) bond motifs is 1. The molecule has 5 nitrogen and oxygen atoms in total. The Morgan fingerprint density at radius 1 is 1.12 bits per heavy atom. The molecule has 0 fully saturated rings. The van der Waals surface area contributed by atoms with Gasteiger partial charge in [0, 0.05) is 10.8 Å². The summed E-state index contributed by atoms with van der Waals surface area (Å²) in [4.78, 5) is -0.243. The maximum absolute atomic E-state index is 11.2. The molecular formula is C11H10O5S. The second kappa shape index (κ2) is 3.90. The van der Waals surface area contributed by atoms with Crippen LogP contribution in [0.25, 0.3) is 10.8 Å². The number of rotatable bonds is 2. The largest absolute Gasteiger partial charge is 0.507 e. The molecule has 0 unspecified atom stereocenters. The molecule has 0 aromatic heterocycles. The first-order chi connectivity index (χ1) is 7.93. The number of methoxy groups -OCH3 is 1. The molecule has 0 amide bonds. The Bertz CT molecular complexity index is 676. The minimum atomic E-state index is -4.32. The van der Waals surface area contributed by atoms with Crippen molar-refractivity contribution in [1.82, 2.24) is 0 Å². The van der Waals surface area contributed by atoms with E-state index in [9.17, 15) is 13.5 Å². The number of ether oxygens (including phenoxy) is 1. The van der Waals surface area contributed by atoms with Gasteiger partial charge in [-0.15, -0.1) is 0 Å². The standard InChI is InChI=1S/C11H10O5S/c1-16-7-2-3-8-9(6-7)10(12)4-5-11(8)17(13,14)15/h2-6,12H,1H3,(H,13,14,15). The van der Waals surface area contributed by atoms with Crippen LogP contribution in [0.1, 0.15) is 0 Å². The van der Waals surface area contributed by atoms with Gasteiger partial charge in [-0.05, 0) is 30.3 Å². The Labute approximate surface area is 98.0 Å². The van der Waals surface area contributed by atoms with Gasteiger partial charge in [0.2, 0.25) is 0 Å². The van der Waals surface area contributed by atoms with Crippen LogP contribution < -0.4 is 4.74 Å². The van der Waals surface area contributed by atoms with Crippen LogP contribution >= 0.6 is 0 Å². The van der Waals surface area contributed by atoms with Gasteiger partial charge in [0.1, 0.15) is 16.4 Å². The highest BCUT2D eigenvalue weighted by Crippen LogP contribution is 2.32. The molecule has 17 heavy (non-hydrogen) atoms. The van der Waals surface area contributed by atoms with Crippen LogP contribution in [0.4, 0.5) is 0 Å². The van der Waals surface area contributed by atoms with Gasteiger partial charge in [-0.1, -0.05) is 0 Å². The third-order valence-corrected chi connectivity index (χ3v) is 3.35. The first kappa shape index (κ1) is 11.7. The number of aromatic hydroxyl groups is 1. The van der Waals surface area contributed by atoms with Gasteiger partial charge in [0.25, 0.3) is 10.1 Å². The lowest BCUT2D eigenvalue weighted by Crippen LogP contribution is -1.99. The summed E-state index contributed by atoms with van der Waals surface area (Å²) in [6, 6.07) is 6.89. The molecule has 0 radical (unpaired) electrons. The summed E-state index contributed by atoms with van der Waals surface area (Å²) in [5.74, 6) is 0.409. The fourth-order valence-corrected chi connectivity index (χ4v) is 2.33. The van der Waals surface area contributed by atoms with E-state index in [1.165, 1.54) is 25.3 Å². The number of hydrogen-bond acceptors (Lipinski definition) is 4. The van der Waals surface area contributed by atoms with Crippen LogP contribution in [0.2, 0.25) is 0 Å². The normalized spacial score (nSPS) is 11.6. The van der Waals surface area contributed by atoms with Crippen molar-refractivity contribution in [3.63, 3.8) is 0 Å². The van der Waals surface area contributed by atoms with Crippen LogP contribution in [-0.4, -0.2) is 25.2 Å². The molecule has 0 saturated carbocycles. The monoisotopic (exact) mass is 254 g/mol. The lowest BCUT2D eigenvalue weighted by Gasteiger charge is -2.07. The highest BCUT2D eigenvalue weighted by molar-refractivity contribution is 7.86. The SMILES string of the molecule is COc1ccc2c(S(=O)(=O)O)ccc(O)c2c1. The van der Waals surface area contributed by atoms with Crippen molar-refractivity contribution in [2.24, 2.45) is 0 Å². The van der Waals surface area contributed by atoms with E-state index in [2.05, 4.69) is 0 Å². The number of benzene rings is 2. The molecule has 2 rings (SSSR count). The molecule has 0 bridgehead atoms. The Morgan fingerprint density at radius 2 is 1.82 bits per heavy atom. The minimum Gasteiger partial charge on any atom is -0.507 e. The molecule has 0 heterocycles. The molecule has 0 spiro atoms. The van der Waals surface area contributed by atoms with Gasteiger partial charge in [0.15, 0.2) is 0 Å². The predicted octanol–water partition coefficient (Wildman–Crippen LogP) is 1.80. The summed E-state index contributed by atoms with van der Waals surface area (Å²) < 4.78 is 36.4. The third kappa shape index (κ3) is 2.04. The summed E-state index contributed by atoms with van der Waals surface area (Å²) >= 11 is 0. The van der Waals surface area contributed by atoms with Crippen molar-refractivity contribution in [2.75, 3.05) is 7.11 Å². The van der Waals surface area contributed by atoms with Crippen molar-refractivity contribution in [2.45, 2.75) is 4.90 Å². The summed E-state index contributed by atoms with van der Waals surface area (Å²) in [6.07, 6.45) is 0. The highest BCUT2D eigenvalue weighted by atomic mass is 32.2. The van der Waals surface area contributed by atoms with Crippen LogP contribution in [-0.2, 0) is 10.1 Å². The van der Waals surface area contributed by atoms with Crippen molar-refractivity contribution in [3.8, 4) is 11.5 Å². The molecule has 0 aliphatic heterocycles. The first-order valence-electron chi connectivity index (χ1n) is 4.70. The van der Waals surface area contributed by atoms with Crippen molar-refractivity contribution in [3.05, 3.63) is 30.3 Å². The van der Waals surface area contributed by atoms with E-state index >= 15 is 0 Å². The topological polar surface area (TPSA) is 83.8 Å². The van der Waals surface area contributed by atoms with Gasteiger partial charge in [-0.3, -0.25) is 4.55 Å². The lowest BCUT2D eigenvalue weighted by molar-refractivity contribution is 0.415. The van der Waals surface area contributed by atoms with Crippen LogP contribution in [0, 0.1) is 0 Å². The Hall–Kier alpha value is -1.79. The molecule has 0 aliphatic carbocycles. The first-order valence-corrected chi connectivity index (χ1v) is 6.14. The second-order valence-electron chi connectivity index (χ2n) is 3.47. The fourth-order valence-electron chi connectivity index (χ4n) is 1.64. The maximum Gasteiger partial charge on any atom is 0.295 e. The average Bonchev–Trinajstić information content (AvgIpc) is 2.27. The smallest absolute Gasteiger partial charge is 0.295 e. The molecule has 6 heteroatoms. The lowest BCUT2D eigenvalue weighted by atomic mass is 10.1. The summed E-state index contributed by atoms with van der Waals surface area (Å²) in [5, 5.41) is 10.2. The molecule has 0 aliphatic rings. The Balaban J connectivity index is 2.88. The summed E-state index contributed by atoms with van der Waals surface area (Å²) in [6.45, 7) is 0. The molecule has 2 aromatic rings. The Morgan fingerprint density at radius 3 is 2.41 bits per heavy atom. The summed E-state index contributed by atoms with van der Waals surface area (Å²) in [5.41, 5.74) is 0. The van der Waals surface area contributed by atoms with E-state index in [0.29, 0.717) is 11.1 Å². The van der Waals surface area contributed by atoms with E-state index in [0.717, 1.165) is 6.07 Å². The Kier molecular flexibility index (Phi) is 2.68. The summed E-state index contributed by atoms with van der Waals surface area (Å²) in [7, 11) is -2.85. The zero-order valence-electron chi connectivity index (χ0n) is 8.91. The van der Waals surface area contributed by atoms with Crippen LogP contribution in [0.5, 0.6) is 11.5 Å².